The van der Waals surface area contributed by atoms with E-state index >= 15 is 0 Å². The lowest BCUT2D eigenvalue weighted by atomic mass is 10.1. The molecule has 0 heterocycles. The van der Waals surface area contributed by atoms with Crippen molar-refractivity contribution >= 4 is 31.9 Å². The lowest BCUT2D eigenvalue weighted by Crippen LogP contribution is -2.27. The Bertz CT molecular complexity index is 584. The molecule has 2 N–H and O–H groups in total. The molecule has 0 aliphatic heterocycles. The van der Waals surface area contributed by atoms with Crippen LogP contribution in [0.3, 0.4) is 0 Å². The molecule has 0 saturated carbocycles. The number of carbonyl (C=O) groups is 1. The van der Waals surface area contributed by atoms with Crippen molar-refractivity contribution in [3.05, 3.63) is 27.7 Å². The lowest BCUT2D eigenvalue weighted by Gasteiger charge is -2.17. The minimum atomic E-state index is -3.83. The van der Waals surface area contributed by atoms with E-state index in [-0.39, 0.29) is 10.8 Å². The largest absolute Gasteiger partial charge is 0.342 e. The number of sulfonamides is 1. The van der Waals surface area contributed by atoms with Crippen LogP contribution in [0.5, 0.6) is 0 Å². The summed E-state index contributed by atoms with van der Waals surface area (Å²) in [5.74, 6) is -0.235. The molecule has 1 aromatic rings. The van der Waals surface area contributed by atoms with Crippen molar-refractivity contribution in [2.45, 2.75) is 18.7 Å². The van der Waals surface area contributed by atoms with Gasteiger partial charge in [0.15, 0.2) is 0 Å². The van der Waals surface area contributed by atoms with Gasteiger partial charge in [-0.25, -0.2) is 13.6 Å². The highest BCUT2D eigenvalue weighted by Crippen LogP contribution is 2.25. The molecule has 0 spiro atoms. The number of nitrogens with zero attached hydrogens (tertiary/aromatic N) is 1. The van der Waals surface area contributed by atoms with Gasteiger partial charge in [0.1, 0.15) is 0 Å². The summed E-state index contributed by atoms with van der Waals surface area (Å²) in [7, 11) is -2.18. The van der Waals surface area contributed by atoms with Gasteiger partial charge in [-0.1, -0.05) is 15.9 Å². The summed E-state index contributed by atoms with van der Waals surface area (Å²) in [6.07, 6.45) is 0. The molecule has 0 unspecified atom stereocenters. The SMILES string of the molecule is CCN(C)C(=O)c1cc(S(N)(=O)=O)cc(Br)c1C. The van der Waals surface area contributed by atoms with Crippen LogP contribution in [0.1, 0.15) is 22.8 Å². The Morgan fingerprint density at radius 1 is 1.44 bits per heavy atom. The van der Waals surface area contributed by atoms with Crippen LogP contribution in [-0.2, 0) is 10.0 Å². The van der Waals surface area contributed by atoms with Gasteiger partial charge in [-0.3, -0.25) is 4.79 Å². The number of hydrogen-bond donors (Lipinski definition) is 1. The summed E-state index contributed by atoms with van der Waals surface area (Å²) >= 11 is 3.24. The molecule has 100 valence electrons. The molecular formula is C11H15BrN2O3S. The second-order valence-electron chi connectivity index (χ2n) is 3.94. The third-order valence-electron chi connectivity index (χ3n) is 2.70. The third kappa shape index (κ3) is 3.09. The summed E-state index contributed by atoms with van der Waals surface area (Å²) in [5, 5.41) is 5.08. The topological polar surface area (TPSA) is 80.5 Å². The van der Waals surface area contributed by atoms with Crippen LogP contribution in [-0.4, -0.2) is 32.8 Å². The quantitative estimate of drug-likeness (QED) is 0.909. The molecule has 1 aromatic carbocycles. The van der Waals surface area contributed by atoms with Crippen LogP contribution in [0.25, 0.3) is 0 Å². The highest BCUT2D eigenvalue weighted by atomic mass is 79.9. The normalized spacial score (nSPS) is 11.4. The van der Waals surface area contributed by atoms with Crippen molar-refractivity contribution in [3.63, 3.8) is 0 Å². The smallest absolute Gasteiger partial charge is 0.253 e. The number of amides is 1. The fourth-order valence-electron chi connectivity index (χ4n) is 1.39. The van der Waals surface area contributed by atoms with Gasteiger partial charge in [0, 0.05) is 23.6 Å². The van der Waals surface area contributed by atoms with Crippen LogP contribution in [0.4, 0.5) is 0 Å². The Morgan fingerprint density at radius 2 is 2.00 bits per heavy atom. The van der Waals surface area contributed by atoms with Crippen LogP contribution in [0.15, 0.2) is 21.5 Å². The van der Waals surface area contributed by atoms with Crippen LogP contribution in [0, 0.1) is 6.92 Å². The van der Waals surface area contributed by atoms with Crippen molar-refractivity contribution in [2.24, 2.45) is 5.14 Å². The van der Waals surface area contributed by atoms with Crippen molar-refractivity contribution in [2.75, 3.05) is 13.6 Å². The second-order valence-corrected chi connectivity index (χ2v) is 6.36. The maximum Gasteiger partial charge on any atom is 0.253 e. The molecule has 18 heavy (non-hydrogen) atoms. The van der Waals surface area contributed by atoms with Gasteiger partial charge in [-0.05, 0) is 31.5 Å². The second kappa shape index (κ2) is 5.38. The van der Waals surface area contributed by atoms with E-state index in [0.29, 0.717) is 22.1 Å². The fourth-order valence-corrected chi connectivity index (χ4v) is 2.57. The summed E-state index contributed by atoms with van der Waals surface area (Å²) in [6, 6.07) is 2.71. The predicted octanol–water partition coefficient (Wildman–Crippen LogP) is 1.50. The maximum atomic E-state index is 12.1. The van der Waals surface area contributed by atoms with E-state index in [0.717, 1.165) is 0 Å². The van der Waals surface area contributed by atoms with Crippen molar-refractivity contribution in [1.29, 1.82) is 0 Å². The fraction of sp³-hybridized carbons (Fsp3) is 0.364. The minimum absolute atomic E-state index is 0.0761. The first-order valence-corrected chi connectivity index (χ1v) is 7.60. The average molecular weight is 335 g/mol. The summed E-state index contributed by atoms with van der Waals surface area (Å²) in [6.45, 7) is 4.12. The molecule has 0 fully saturated rings. The Kier molecular flexibility index (Phi) is 4.52. The highest BCUT2D eigenvalue weighted by Gasteiger charge is 2.19. The summed E-state index contributed by atoms with van der Waals surface area (Å²) in [5.41, 5.74) is 1.02. The first-order chi connectivity index (χ1) is 8.18. The van der Waals surface area contributed by atoms with Gasteiger partial charge < -0.3 is 4.90 Å². The maximum absolute atomic E-state index is 12.1. The number of halogens is 1. The number of benzene rings is 1. The molecule has 0 atom stereocenters. The standard InChI is InChI=1S/C11H15BrN2O3S/c1-4-14(3)11(15)9-5-8(18(13,16)17)6-10(12)7(9)2/h5-6H,4H2,1-3H3,(H2,13,16,17). The predicted molar refractivity (Wildman–Crippen MR) is 72.9 cm³/mol. The van der Waals surface area contributed by atoms with Gasteiger partial charge in [-0.15, -0.1) is 0 Å². The zero-order chi connectivity index (χ0) is 14.1. The molecule has 0 aliphatic rings. The van der Waals surface area contributed by atoms with E-state index in [4.69, 9.17) is 5.14 Å². The molecule has 7 heteroatoms. The minimum Gasteiger partial charge on any atom is -0.342 e. The monoisotopic (exact) mass is 334 g/mol. The first kappa shape index (κ1) is 15.1. The number of rotatable bonds is 3. The van der Waals surface area contributed by atoms with Gasteiger partial charge in [0.2, 0.25) is 10.0 Å². The number of carbonyl (C=O) groups excluding carboxylic acids is 1. The van der Waals surface area contributed by atoms with Crippen molar-refractivity contribution < 1.29 is 13.2 Å². The van der Waals surface area contributed by atoms with Gasteiger partial charge >= 0.3 is 0 Å². The Labute approximate surface area is 115 Å². The third-order valence-corrected chi connectivity index (χ3v) is 4.41. The molecule has 5 nitrogen and oxygen atoms in total. The van der Waals surface area contributed by atoms with E-state index in [1.807, 2.05) is 6.92 Å². The first-order valence-electron chi connectivity index (χ1n) is 5.27. The molecular weight excluding hydrogens is 320 g/mol. The van der Waals surface area contributed by atoms with Gasteiger partial charge in [0.25, 0.3) is 5.91 Å². The average Bonchev–Trinajstić information content (AvgIpc) is 2.29. The van der Waals surface area contributed by atoms with E-state index in [1.165, 1.54) is 17.0 Å². The number of hydrogen-bond acceptors (Lipinski definition) is 3. The van der Waals surface area contributed by atoms with Crippen molar-refractivity contribution in [1.82, 2.24) is 4.90 Å². The zero-order valence-electron chi connectivity index (χ0n) is 10.4. The van der Waals surface area contributed by atoms with E-state index in [1.54, 1.807) is 14.0 Å². The van der Waals surface area contributed by atoms with Crippen LogP contribution in [0.2, 0.25) is 0 Å². The van der Waals surface area contributed by atoms with E-state index in [2.05, 4.69) is 15.9 Å². The highest BCUT2D eigenvalue weighted by molar-refractivity contribution is 9.10. The van der Waals surface area contributed by atoms with Crippen LogP contribution < -0.4 is 5.14 Å². The Balaban J connectivity index is 3.45. The Morgan fingerprint density at radius 3 is 2.44 bits per heavy atom. The number of primary sulfonamides is 1. The van der Waals surface area contributed by atoms with E-state index in [9.17, 15) is 13.2 Å². The molecule has 0 radical (unpaired) electrons. The van der Waals surface area contributed by atoms with E-state index < -0.39 is 10.0 Å². The summed E-state index contributed by atoms with van der Waals surface area (Å²) < 4.78 is 23.2. The van der Waals surface area contributed by atoms with Gasteiger partial charge in [0.05, 0.1) is 4.90 Å². The Hall–Kier alpha value is -0.920. The molecule has 0 aromatic heterocycles. The molecule has 0 saturated heterocycles. The molecule has 0 aliphatic carbocycles. The molecule has 0 bridgehead atoms. The molecule has 1 rings (SSSR count). The summed E-state index contributed by atoms with van der Waals surface area (Å²) in [4.78, 5) is 13.5. The van der Waals surface area contributed by atoms with Gasteiger partial charge in [-0.2, -0.15) is 0 Å². The van der Waals surface area contributed by atoms with Crippen molar-refractivity contribution in [3.8, 4) is 0 Å². The number of nitrogens with two attached hydrogens (primary N) is 1. The molecule has 1 amide bonds. The lowest BCUT2D eigenvalue weighted by molar-refractivity contribution is 0.0801. The van der Waals surface area contributed by atoms with Crippen LogP contribution >= 0.6 is 15.9 Å². The zero-order valence-corrected chi connectivity index (χ0v) is 12.8.